The fourth-order valence-corrected chi connectivity index (χ4v) is 3.89. The maximum absolute atomic E-state index is 12.5. The van der Waals surface area contributed by atoms with Gasteiger partial charge >= 0.3 is 0 Å². The van der Waals surface area contributed by atoms with Crippen molar-refractivity contribution in [1.29, 1.82) is 0 Å². The van der Waals surface area contributed by atoms with Crippen molar-refractivity contribution in [1.82, 2.24) is 0 Å². The average molecular weight is 402 g/mol. The predicted molar refractivity (Wildman–Crippen MR) is 89.0 cm³/mol. The number of aryl methyl sites for hydroxylation is 1. The Hall–Kier alpha value is -1.12. The van der Waals surface area contributed by atoms with Crippen LogP contribution in [0.3, 0.4) is 0 Å². The van der Waals surface area contributed by atoms with Crippen LogP contribution < -0.4 is 10.5 Å². The van der Waals surface area contributed by atoms with Gasteiger partial charge in [0.1, 0.15) is 0 Å². The van der Waals surface area contributed by atoms with E-state index < -0.39 is 10.0 Å². The maximum Gasteiger partial charge on any atom is 0.262 e. The van der Waals surface area contributed by atoms with Crippen LogP contribution in [-0.4, -0.2) is 8.42 Å². The molecule has 2 rings (SSSR count). The highest BCUT2D eigenvalue weighted by atomic mass is 127. The zero-order chi connectivity index (χ0) is 14.8. The van der Waals surface area contributed by atoms with E-state index in [2.05, 4.69) is 27.3 Å². The molecule has 0 bridgehead atoms. The zero-order valence-electron chi connectivity index (χ0n) is 10.9. The van der Waals surface area contributed by atoms with E-state index >= 15 is 0 Å². The van der Waals surface area contributed by atoms with Gasteiger partial charge in [-0.05, 0) is 58.8 Å². The van der Waals surface area contributed by atoms with Crippen molar-refractivity contribution in [3.05, 3.63) is 57.2 Å². The van der Waals surface area contributed by atoms with Crippen LogP contribution in [0.2, 0.25) is 0 Å². The minimum atomic E-state index is -3.61. The highest BCUT2D eigenvalue weighted by molar-refractivity contribution is 14.1. The minimum Gasteiger partial charge on any atom is -0.326 e. The molecule has 0 heterocycles. The van der Waals surface area contributed by atoms with Gasteiger partial charge in [-0.3, -0.25) is 4.72 Å². The number of nitrogens with two attached hydrogens (primary N) is 1. The summed E-state index contributed by atoms with van der Waals surface area (Å²) in [5.74, 6) is 0. The Balaban J connectivity index is 2.43. The summed E-state index contributed by atoms with van der Waals surface area (Å²) in [5, 5.41) is 0. The van der Waals surface area contributed by atoms with Crippen molar-refractivity contribution in [2.24, 2.45) is 5.73 Å². The number of para-hydroxylation sites is 1. The molecule has 0 atom stereocenters. The lowest BCUT2D eigenvalue weighted by atomic mass is 10.1. The van der Waals surface area contributed by atoms with Gasteiger partial charge in [0.25, 0.3) is 10.0 Å². The monoisotopic (exact) mass is 402 g/mol. The summed E-state index contributed by atoms with van der Waals surface area (Å²) >= 11 is 2.10. The molecule has 20 heavy (non-hydrogen) atoms. The van der Waals surface area contributed by atoms with E-state index in [1.165, 1.54) is 0 Å². The SMILES string of the molecule is Cc1ccc(CN)cc1S(=O)(=O)Nc1ccccc1I. The van der Waals surface area contributed by atoms with Gasteiger partial charge in [0, 0.05) is 10.1 Å². The molecule has 6 heteroatoms. The Morgan fingerprint density at radius 2 is 1.90 bits per heavy atom. The summed E-state index contributed by atoms with van der Waals surface area (Å²) in [6.07, 6.45) is 0. The molecule has 0 aliphatic heterocycles. The van der Waals surface area contributed by atoms with Gasteiger partial charge < -0.3 is 5.73 Å². The molecule has 0 aliphatic rings. The van der Waals surface area contributed by atoms with Crippen molar-refractivity contribution in [3.63, 3.8) is 0 Å². The summed E-state index contributed by atoms with van der Waals surface area (Å²) in [5.41, 5.74) is 7.63. The topological polar surface area (TPSA) is 72.2 Å². The molecule has 0 saturated carbocycles. The predicted octanol–water partition coefficient (Wildman–Crippen LogP) is 2.86. The van der Waals surface area contributed by atoms with Crippen molar-refractivity contribution >= 4 is 38.3 Å². The number of nitrogens with one attached hydrogen (secondary N) is 1. The highest BCUT2D eigenvalue weighted by Crippen LogP contribution is 2.23. The molecular formula is C14H15IN2O2S. The standard InChI is InChI=1S/C14H15IN2O2S/c1-10-6-7-11(9-16)8-14(10)20(18,19)17-13-5-3-2-4-12(13)15/h2-8,17H,9,16H2,1H3. The Labute approximate surface area is 132 Å². The fraction of sp³-hybridized carbons (Fsp3) is 0.143. The molecule has 2 aromatic rings. The fourth-order valence-electron chi connectivity index (χ4n) is 1.80. The summed E-state index contributed by atoms with van der Waals surface area (Å²) in [4.78, 5) is 0.264. The Morgan fingerprint density at radius 1 is 1.20 bits per heavy atom. The number of rotatable bonds is 4. The van der Waals surface area contributed by atoms with Crippen LogP contribution in [0.4, 0.5) is 5.69 Å². The first-order chi connectivity index (χ1) is 9.44. The Morgan fingerprint density at radius 3 is 2.55 bits per heavy atom. The molecule has 0 amide bonds. The largest absolute Gasteiger partial charge is 0.326 e. The van der Waals surface area contributed by atoms with Crippen molar-refractivity contribution in [2.75, 3.05) is 4.72 Å². The van der Waals surface area contributed by atoms with Gasteiger partial charge in [-0.1, -0.05) is 24.3 Å². The van der Waals surface area contributed by atoms with E-state index in [0.29, 0.717) is 17.8 Å². The number of benzene rings is 2. The summed E-state index contributed by atoms with van der Waals surface area (Å²) < 4.78 is 28.4. The van der Waals surface area contributed by atoms with E-state index in [4.69, 9.17) is 5.73 Å². The normalized spacial score (nSPS) is 11.3. The van der Waals surface area contributed by atoms with Crippen molar-refractivity contribution in [2.45, 2.75) is 18.4 Å². The lowest BCUT2D eigenvalue weighted by Crippen LogP contribution is -2.15. The number of sulfonamides is 1. The molecule has 4 nitrogen and oxygen atoms in total. The second-order valence-corrected chi connectivity index (χ2v) is 7.20. The molecule has 0 unspecified atom stereocenters. The van der Waals surface area contributed by atoms with Crippen LogP contribution >= 0.6 is 22.6 Å². The number of hydrogen-bond donors (Lipinski definition) is 2. The molecule has 3 N–H and O–H groups in total. The number of halogens is 1. The second-order valence-electron chi connectivity index (χ2n) is 4.39. The number of anilines is 1. The van der Waals surface area contributed by atoms with E-state index in [0.717, 1.165) is 9.13 Å². The van der Waals surface area contributed by atoms with Gasteiger partial charge in [-0.2, -0.15) is 0 Å². The molecule has 0 saturated heterocycles. The summed E-state index contributed by atoms with van der Waals surface area (Å²) in [6.45, 7) is 2.08. The smallest absolute Gasteiger partial charge is 0.262 e. The number of hydrogen-bond acceptors (Lipinski definition) is 3. The van der Waals surface area contributed by atoms with Crippen LogP contribution in [0.25, 0.3) is 0 Å². The highest BCUT2D eigenvalue weighted by Gasteiger charge is 2.18. The molecular weight excluding hydrogens is 387 g/mol. The molecule has 0 spiro atoms. The van der Waals surface area contributed by atoms with Crippen LogP contribution in [0.1, 0.15) is 11.1 Å². The average Bonchev–Trinajstić information content (AvgIpc) is 2.41. The van der Waals surface area contributed by atoms with Crippen LogP contribution in [0.5, 0.6) is 0 Å². The third-order valence-corrected chi connectivity index (χ3v) is 5.34. The molecule has 0 aromatic heterocycles. The molecule has 106 valence electrons. The van der Waals surface area contributed by atoms with Crippen LogP contribution in [0.15, 0.2) is 47.4 Å². The van der Waals surface area contributed by atoms with Crippen molar-refractivity contribution in [3.8, 4) is 0 Å². The minimum absolute atomic E-state index is 0.264. The quantitative estimate of drug-likeness (QED) is 0.773. The van der Waals surface area contributed by atoms with Gasteiger partial charge in [0.05, 0.1) is 10.6 Å². The summed E-state index contributed by atoms with van der Waals surface area (Å²) in [6, 6.07) is 12.5. The van der Waals surface area contributed by atoms with E-state index in [-0.39, 0.29) is 4.90 Å². The molecule has 0 aliphatic carbocycles. The van der Waals surface area contributed by atoms with Crippen LogP contribution in [-0.2, 0) is 16.6 Å². The van der Waals surface area contributed by atoms with E-state index in [1.54, 1.807) is 31.2 Å². The molecule has 0 radical (unpaired) electrons. The van der Waals surface area contributed by atoms with E-state index in [1.807, 2.05) is 18.2 Å². The first-order valence-corrected chi connectivity index (χ1v) is 8.57. The maximum atomic E-state index is 12.5. The van der Waals surface area contributed by atoms with Crippen molar-refractivity contribution < 1.29 is 8.42 Å². The van der Waals surface area contributed by atoms with Crippen LogP contribution in [0, 0.1) is 10.5 Å². The van der Waals surface area contributed by atoms with Gasteiger partial charge in [0.15, 0.2) is 0 Å². The third-order valence-electron chi connectivity index (χ3n) is 2.90. The van der Waals surface area contributed by atoms with Gasteiger partial charge in [-0.15, -0.1) is 0 Å². The second kappa shape index (κ2) is 6.11. The van der Waals surface area contributed by atoms with Gasteiger partial charge in [0.2, 0.25) is 0 Å². The zero-order valence-corrected chi connectivity index (χ0v) is 13.9. The molecule has 0 fully saturated rings. The Bertz CT molecular complexity index is 730. The lowest BCUT2D eigenvalue weighted by molar-refractivity contribution is 0.600. The lowest BCUT2D eigenvalue weighted by Gasteiger charge is -2.12. The van der Waals surface area contributed by atoms with E-state index in [9.17, 15) is 8.42 Å². The Kier molecular flexibility index (Phi) is 4.66. The van der Waals surface area contributed by atoms with Gasteiger partial charge in [-0.25, -0.2) is 8.42 Å². The first kappa shape index (κ1) is 15.3. The first-order valence-electron chi connectivity index (χ1n) is 6.01. The molecule has 2 aromatic carbocycles. The summed E-state index contributed by atoms with van der Waals surface area (Å²) in [7, 11) is -3.61. The third kappa shape index (κ3) is 3.31.